The van der Waals surface area contributed by atoms with Crippen LogP contribution in [0.25, 0.3) is 0 Å². The van der Waals surface area contributed by atoms with Crippen LogP contribution in [-0.4, -0.2) is 18.4 Å². The van der Waals surface area contributed by atoms with Crippen molar-refractivity contribution in [2.75, 3.05) is 11.9 Å². The Labute approximate surface area is 139 Å². The zero-order valence-electron chi connectivity index (χ0n) is 12.6. The zero-order valence-corrected chi connectivity index (χ0v) is 13.4. The van der Waals surface area contributed by atoms with Crippen LogP contribution in [-0.2, 0) is 9.59 Å². The maximum atomic E-state index is 11.9. The molecule has 0 radical (unpaired) electrons. The van der Waals surface area contributed by atoms with E-state index in [0.717, 1.165) is 0 Å². The second-order valence-electron chi connectivity index (χ2n) is 4.81. The van der Waals surface area contributed by atoms with Gasteiger partial charge in [0.25, 0.3) is 0 Å². The lowest BCUT2D eigenvalue weighted by Gasteiger charge is -2.13. The van der Waals surface area contributed by atoms with Crippen LogP contribution in [0.3, 0.4) is 0 Å². The first-order chi connectivity index (χ1) is 11.1. The number of amides is 2. The molecule has 0 spiro atoms. The number of benzene rings is 2. The van der Waals surface area contributed by atoms with E-state index in [9.17, 15) is 9.59 Å². The fourth-order valence-corrected chi connectivity index (χ4v) is 2.04. The number of hydrogen-bond donors (Lipinski definition) is 2. The molecule has 0 aromatic heterocycles. The fraction of sp³-hybridized carbons (Fsp3) is 0.176. The second kappa shape index (κ2) is 8.19. The maximum absolute atomic E-state index is 11.9. The third-order valence-electron chi connectivity index (χ3n) is 2.94. The standard InChI is InChI=1S/C17H17ClN2O3/c1-12(21)19-11-10-17(22)20-14-7-3-5-9-16(14)23-15-8-4-2-6-13(15)18/h2-9H,10-11H2,1H3,(H,19,21)(H,20,22). The average molecular weight is 333 g/mol. The Hall–Kier alpha value is -2.53. The van der Waals surface area contributed by atoms with Crippen LogP contribution in [0.15, 0.2) is 48.5 Å². The van der Waals surface area contributed by atoms with Crippen molar-refractivity contribution >= 4 is 29.1 Å². The predicted molar refractivity (Wildman–Crippen MR) is 89.9 cm³/mol. The van der Waals surface area contributed by atoms with E-state index in [1.807, 2.05) is 12.1 Å². The molecule has 0 aliphatic heterocycles. The van der Waals surface area contributed by atoms with Gasteiger partial charge in [-0.3, -0.25) is 9.59 Å². The molecule has 0 fully saturated rings. The minimum absolute atomic E-state index is 0.166. The lowest BCUT2D eigenvalue weighted by Crippen LogP contribution is -2.25. The summed E-state index contributed by atoms with van der Waals surface area (Å²) in [5, 5.41) is 5.83. The molecule has 2 aromatic rings. The van der Waals surface area contributed by atoms with Gasteiger partial charge in [0.1, 0.15) is 5.75 Å². The van der Waals surface area contributed by atoms with Crippen LogP contribution in [0.2, 0.25) is 5.02 Å². The van der Waals surface area contributed by atoms with Crippen LogP contribution < -0.4 is 15.4 Å². The highest BCUT2D eigenvalue weighted by atomic mass is 35.5. The molecule has 0 aliphatic rings. The molecule has 23 heavy (non-hydrogen) atoms. The molecule has 0 aliphatic carbocycles. The van der Waals surface area contributed by atoms with Gasteiger partial charge in [-0.25, -0.2) is 0 Å². The lowest BCUT2D eigenvalue weighted by molar-refractivity contribution is -0.119. The molecule has 0 unspecified atom stereocenters. The van der Waals surface area contributed by atoms with Gasteiger partial charge in [-0.15, -0.1) is 0 Å². The largest absolute Gasteiger partial charge is 0.454 e. The summed E-state index contributed by atoms with van der Waals surface area (Å²) in [6.45, 7) is 1.69. The Kier molecular flexibility index (Phi) is 6.00. The summed E-state index contributed by atoms with van der Waals surface area (Å²) >= 11 is 6.08. The number of hydrogen-bond acceptors (Lipinski definition) is 3. The first kappa shape index (κ1) is 16.8. The number of anilines is 1. The number of halogens is 1. The van der Waals surface area contributed by atoms with E-state index in [4.69, 9.17) is 16.3 Å². The molecule has 2 amide bonds. The first-order valence-corrected chi connectivity index (χ1v) is 7.50. The van der Waals surface area contributed by atoms with Crippen molar-refractivity contribution in [1.82, 2.24) is 5.32 Å². The van der Waals surface area contributed by atoms with Crippen molar-refractivity contribution < 1.29 is 14.3 Å². The molecule has 0 heterocycles. The van der Waals surface area contributed by atoms with Crippen LogP contribution >= 0.6 is 11.6 Å². The normalized spacial score (nSPS) is 10.0. The number of nitrogens with one attached hydrogen (secondary N) is 2. The summed E-state index contributed by atoms with van der Waals surface area (Å²) in [5.41, 5.74) is 0.542. The van der Waals surface area contributed by atoms with Gasteiger partial charge < -0.3 is 15.4 Å². The van der Waals surface area contributed by atoms with Gasteiger partial charge in [0.2, 0.25) is 11.8 Å². The monoisotopic (exact) mass is 332 g/mol. The summed E-state index contributed by atoms with van der Waals surface area (Å²) in [4.78, 5) is 22.7. The van der Waals surface area contributed by atoms with Gasteiger partial charge in [-0.1, -0.05) is 35.9 Å². The minimum Gasteiger partial charge on any atom is -0.454 e. The van der Waals surface area contributed by atoms with Crippen LogP contribution in [0.4, 0.5) is 5.69 Å². The fourth-order valence-electron chi connectivity index (χ4n) is 1.87. The third kappa shape index (κ3) is 5.30. The minimum atomic E-state index is -0.214. The van der Waals surface area contributed by atoms with E-state index >= 15 is 0 Å². The molecule has 0 saturated heterocycles. The van der Waals surface area contributed by atoms with Crippen LogP contribution in [0, 0.1) is 0 Å². The molecule has 2 aromatic carbocycles. The highest BCUT2D eigenvalue weighted by Crippen LogP contribution is 2.33. The van der Waals surface area contributed by atoms with Gasteiger partial charge >= 0.3 is 0 Å². The van der Waals surface area contributed by atoms with Crippen molar-refractivity contribution in [3.63, 3.8) is 0 Å². The SMILES string of the molecule is CC(=O)NCCC(=O)Nc1ccccc1Oc1ccccc1Cl. The summed E-state index contributed by atoms with van der Waals surface area (Å²) in [7, 11) is 0. The smallest absolute Gasteiger partial charge is 0.226 e. The van der Waals surface area contributed by atoms with Gasteiger partial charge in [0.15, 0.2) is 5.75 Å². The molecule has 0 bridgehead atoms. The lowest BCUT2D eigenvalue weighted by atomic mass is 10.2. The highest BCUT2D eigenvalue weighted by molar-refractivity contribution is 6.32. The highest BCUT2D eigenvalue weighted by Gasteiger charge is 2.10. The van der Waals surface area contributed by atoms with E-state index in [1.54, 1.807) is 36.4 Å². The number of carbonyl (C=O) groups is 2. The van der Waals surface area contributed by atoms with Gasteiger partial charge in [-0.05, 0) is 24.3 Å². The van der Waals surface area contributed by atoms with Gasteiger partial charge in [0.05, 0.1) is 10.7 Å². The van der Waals surface area contributed by atoms with Crippen molar-refractivity contribution in [2.45, 2.75) is 13.3 Å². The first-order valence-electron chi connectivity index (χ1n) is 7.12. The van der Waals surface area contributed by atoms with Crippen molar-refractivity contribution in [2.24, 2.45) is 0 Å². The summed E-state index contributed by atoms with van der Waals surface area (Å²) in [5.74, 6) is 0.622. The Balaban J connectivity index is 2.04. The Morgan fingerprint density at radius 2 is 1.70 bits per heavy atom. The average Bonchev–Trinajstić information content (AvgIpc) is 2.51. The zero-order chi connectivity index (χ0) is 16.7. The van der Waals surface area contributed by atoms with E-state index in [1.165, 1.54) is 6.92 Å². The van der Waals surface area contributed by atoms with Crippen molar-refractivity contribution in [3.05, 3.63) is 53.6 Å². The number of para-hydroxylation sites is 3. The second-order valence-corrected chi connectivity index (χ2v) is 5.22. The van der Waals surface area contributed by atoms with Crippen LogP contribution in [0.1, 0.15) is 13.3 Å². The molecule has 6 heteroatoms. The van der Waals surface area contributed by atoms with Crippen molar-refractivity contribution in [1.29, 1.82) is 0 Å². The Morgan fingerprint density at radius 3 is 2.39 bits per heavy atom. The number of rotatable bonds is 6. The quantitative estimate of drug-likeness (QED) is 0.849. The molecule has 2 N–H and O–H groups in total. The molecule has 0 atom stereocenters. The van der Waals surface area contributed by atoms with Crippen molar-refractivity contribution in [3.8, 4) is 11.5 Å². The molecule has 2 rings (SSSR count). The van der Waals surface area contributed by atoms with Crippen LogP contribution in [0.5, 0.6) is 11.5 Å². The molecular weight excluding hydrogens is 316 g/mol. The van der Waals surface area contributed by atoms with E-state index in [0.29, 0.717) is 22.2 Å². The summed E-state index contributed by atoms with van der Waals surface area (Å²) in [6, 6.07) is 14.2. The van der Waals surface area contributed by atoms with E-state index < -0.39 is 0 Å². The molecule has 0 saturated carbocycles. The predicted octanol–water partition coefficient (Wildman–Crippen LogP) is 3.60. The van der Waals surface area contributed by atoms with Gasteiger partial charge in [-0.2, -0.15) is 0 Å². The number of carbonyl (C=O) groups excluding carboxylic acids is 2. The molecular formula is C17H17ClN2O3. The third-order valence-corrected chi connectivity index (χ3v) is 3.26. The maximum Gasteiger partial charge on any atom is 0.226 e. The van der Waals surface area contributed by atoms with E-state index in [-0.39, 0.29) is 24.8 Å². The summed E-state index contributed by atoms with van der Waals surface area (Å²) in [6.07, 6.45) is 0.181. The van der Waals surface area contributed by atoms with E-state index in [2.05, 4.69) is 10.6 Å². The number of ether oxygens (including phenoxy) is 1. The Bertz CT molecular complexity index is 704. The molecule has 120 valence electrons. The Morgan fingerprint density at radius 1 is 1.04 bits per heavy atom. The summed E-state index contributed by atoms with van der Waals surface area (Å²) < 4.78 is 5.77. The topological polar surface area (TPSA) is 67.4 Å². The van der Waals surface area contributed by atoms with Gasteiger partial charge in [0, 0.05) is 19.9 Å². The molecule has 5 nitrogen and oxygen atoms in total.